The smallest absolute Gasteiger partial charge is 0.302 e. The van der Waals surface area contributed by atoms with Crippen molar-refractivity contribution in [2.75, 3.05) is 6.61 Å². The lowest BCUT2D eigenvalue weighted by Gasteiger charge is -2.17. The number of azo groups is 1. The first-order chi connectivity index (χ1) is 13.3. The molecule has 0 unspecified atom stereocenters. The standard InChI is InChI=1S/C20H19Br2N3O3/c1-10(2)13-8-14(21)11(3)17(22)19(13)28-9-16(26)24-25-18-12-6-4-5-7-15(12)23-20(18)27/h4-8,10,23,27H,9H2,1-3H3. The summed E-state index contributed by atoms with van der Waals surface area (Å²) in [6, 6.07) is 9.25. The van der Waals surface area contributed by atoms with Gasteiger partial charge in [0.05, 0.1) is 9.99 Å². The lowest BCUT2D eigenvalue weighted by atomic mass is 10.0. The molecule has 0 aliphatic heterocycles. The molecule has 6 nitrogen and oxygen atoms in total. The number of nitrogens with one attached hydrogen (secondary N) is 1. The molecule has 0 aliphatic rings. The molecule has 3 rings (SSSR count). The number of aromatic nitrogens is 1. The summed E-state index contributed by atoms with van der Waals surface area (Å²) in [5.41, 5.74) is 2.90. The van der Waals surface area contributed by atoms with Gasteiger partial charge in [0.25, 0.3) is 0 Å². The largest absolute Gasteiger partial charge is 0.493 e. The Bertz CT molecular complexity index is 1070. The zero-order chi connectivity index (χ0) is 20.4. The van der Waals surface area contributed by atoms with E-state index in [2.05, 4.69) is 60.9 Å². The molecular weight excluding hydrogens is 490 g/mol. The fourth-order valence-corrected chi connectivity index (χ4v) is 4.04. The van der Waals surface area contributed by atoms with Crippen molar-refractivity contribution in [3.63, 3.8) is 0 Å². The van der Waals surface area contributed by atoms with Gasteiger partial charge in [-0.05, 0) is 52.0 Å². The normalized spacial score (nSPS) is 11.6. The molecule has 8 heteroatoms. The van der Waals surface area contributed by atoms with Gasteiger partial charge >= 0.3 is 5.91 Å². The van der Waals surface area contributed by atoms with E-state index >= 15 is 0 Å². The molecule has 0 atom stereocenters. The lowest BCUT2D eigenvalue weighted by Crippen LogP contribution is -2.10. The quantitative estimate of drug-likeness (QED) is 0.384. The van der Waals surface area contributed by atoms with Crippen LogP contribution in [0.25, 0.3) is 10.9 Å². The second-order valence-electron chi connectivity index (χ2n) is 6.62. The number of hydrogen-bond acceptors (Lipinski definition) is 4. The number of fused-ring (bicyclic) bond motifs is 1. The molecule has 0 radical (unpaired) electrons. The highest BCUT2D eigenvalue weighted by molar-refractivity contribution is 9.11. The molecule has 3 aromatic rings. The van der Waals surface area contributed by atoms with E-state index in [-0.39, 0.29) is 24.1 Å². The predicted octanol–water partition coefficient (Wildman–Crippen LogP) is 6.52. The van der Waals surface area contributed by atoms with Crippen LogP contribution in [0.1, 0.15) is 30.9 Å². The number of rotatable bonds is 5. The van der Waals surface area contributed by atoms with Crippen LogP contribution in [0.2, 0.25) is 0 Å². The first kappa shape index (κ1) is 20.5. The average molecular weight is 509 g/mol. The highest BCUT2D eigenvalue weighted by Crippen LogP contribution is 2.40. The zero-order valence-corrected chi connectivity index (χ0v) is 18.8. The minimum absolute atomic E-state index is 0.132. The van der Waals surface area contributed by atoms with Crippen LogP contribution in [0.3, 0.4) is 0 Å². The van der Waals surface area contributed by atoms with Crippen molar-refractivity contribution in [1.29, 1.82) is 0 Å². The summed E-state index contributed by atoms with van der Waals surface area (Å²) >= 11 is 7.09. The van der Waals surface area contributed by atoms with Crippen molar-refractivity contribution in [3.05, 3.63) is 50.4 Å². The van der Waals surface area contributed by atoms with Crippen molar-refractivity contribution in [2.45, 2.75) is 26.7 Å². The Balaban J connectivity index is 1.79. The molecule has 2 aromatic carbocycles. The van der Waals surface area contributed by atoms with E-state index in [0.717, 1.165) is 20.1 Å². The van der Waals surface area contributed by atoms with Crippen LogP contribution in [0.4, 0.5) is 5.69 Å². The molecule has 0 saturated carbocycles. The van der Waals surface area contributed by atoms with Gasteiger partial charge in [-0.2, -0.15) is 0 Å². The van der Waals surface area contributed by atoms with E-state index < -0.39 is 5.91 Å². The SMILES string of the molecule is Cc1c(Br)cc(C(C)C)c(OCC(=O)N=Nc2c(O)[nH]c3ccccc23)c1Br. The van der Waals surface area contributed by atoms with Crippen LogP contribution in [0.5, 0.6) is 11.6 Å². The van der Waals surface area contributed by atoms with E-state index in [1.54, 1.807) is 12.1 Å². The number of ether oxygens (including phenoxy) is 1. The number of H-pyrrole nitrogens is 1. The number of aromatic amines is 1. The van der Waals surface area contributed by atoms with Gasteiger partial charge in [0.1, 0.15) is 5.75 Å². The monoisotopic (exact) mass is 507 g/mol. The van der Waals surface area contributed by atoms with E-state index in [4.69, 9.17) is 4.74 Å². The number of amides is 1. The molecule has 0 aliphatic carbocycles. The predicted molar refractivity (Wildman–Crippen MR) is 116 cm³/mol. The van der Waals surface area contributed by atoms with Crippen molar-refractivity contribution in [1.82, 2.24) is 4.98 Å². The maximum absolute atomic E-state index is 12.2. The molecule has 146 valence electrons. The third-order valence-electron chi connectivity index (χ3n) is 4.31. The molecule has 0 fully saturated rings. The summed E-state index contributed by atoms with van der Waals surface area (Å²) in [6.45, 7) is 5.80. The Hall–Kier alpha value is -2.19. The summed E-state index contributed by atoms with van der Waals surface area (Å²) in [7, 11) is 0. The number of carbonyl (C=O) groups excluding carboxylic acids is 1. The lowest BCUT2D eigenvalue weighted by molar-refractivity contribution is -0.120. The summed E-state index contributed by atoms with van der Waals surface area (Å²) in [4.78, 5) is 15.0. The Morgan fingerprint density at radius 1 is 1.29 bits per heavy atom. The first-order valence-corrected chi connectivity index (χ1v) is 10.2. The van der Waals surface area contributed by atoms with Crippen LogP contribution >= 0.6 is 31.9 Å². The van der Waals surface area contributed by atoms with Gasteiger partial charge in [0.15, 0.2) is 12.3 Å². The Morgan fingerprint density at radius 2 is 2.00 bits per heavy atom. The molecule has 2 N–H and O–H groups in total. The van der Waals surface area contributed by atoms with Gasteiger partial charge in [-0.1, -0.05) is 48.0 Å². The number of nitrogens with zero attached hydrogens (tertiary/aromatic N) is 2. The molecule has 1 heterocycles. The van der Waals surface area contributed by atoms with Gasteiger partial charge < -0.3 is 14.8 Å². The Kier molecular flexibility index (Phi) is 6.20. The number of benzene rings is 2. The minimum atomic E-state index is -0.549. The van der Waals surface area contributed by atoms with Gasteiger partial charge in [-0.15, -0.1) is 10.2 Å². The molecule has 0 spiro atoms. The van der Waals surface area contributed by atoms with E-state index in [1.165, 1.54) is 0 Å². The number of aromatic hydroxyl groups is 1. The van der Waals surface area contributed by atoms with E-state index in [9.17, 15) is 9.90 Å². The average Bonchev–Trinajstić information content (AvgIpc) is 2.98. The topological polar surface area (TPSA) is 87.0 Å². The molecule has 1 amide bonds. The molecular formula is C20H19Br2N3O3. The van der Waals surface area contributed by atoms with E-state index in [1.807, 2.05) is 25.1 Å². The van der Waals surface area contributed by atoms with Gasteiger partial charge in [-0.25, -0.2) is 0 Å². The summed E-state index contributed by atoms with van der Waals surface area (Å²) in [5, 5.41) is 18.3. The first-order valence-electron chi connectivity index (χ1n) is 8.65. The number of hydrogen-bond donors (Lipinski definition) is 2. The number of para-hydroxylation sites is 1. The third kappa shape index (κ3) is 4.12. The molecule has 0 saturated heterocycles. The van der Waals surface area contributed by atoms with Crippen LogP contribution in [-0.4, -0.2) is 22.6 Å². The Morgan fingerprint density at radius 3 is 2.71 bits per heavy atom. The third-order valence-corrected chi connectivity index (χ3v) is 6.09. The summed E-state index contributed by atoms with van der Waals surface area (Å²) in [5.74, 6) is 0.149. The van der Waals surface area contributed by atoms with Crippen LogP contribution in [0, 0.1) is 6.92 Å². The zero-order valence-electron chi connectivity index (χ0n) is 15.6. The summed E-state index contributed by atoms with van der Waals surface area (Å²) < 4.78 is 7.54. The van der Waals surface area contributed by atoms with Crippen LogP contribution < -0.4 is 4.74 Å². The fourth-order valence-electron chi connectivity index (χ4n) is 2.77. The van der Waals surface area contributed by atoms with Crippen molar-refractivity contribution < 1.29 is 14.6 Å². The highest BCUT2D eigenvalue weighted by atomic mass is 79.9. The fraction of sp³-hybridized carbons (Fsp3) is 0.250. The van der Waals surface area contributed by atoms with Crippen LogP contribution in [-0.2, 0) is 4.79 Å². The molecule has 0 bridgehead atoms. The van der Waals surface area contributed by atoms with Crippen molar-refractivity contribution in [2.24, 2.45) is 10.2 Å². The second-order valence-corrected chi connectivity index (χ2v) is 8.27. The van der Waals surface area contributed by atoms with Crippen molar-refractivity contribution in [3.8, 4) is 11.6 Å². The summed E-state index contributed by atoms with van der Waals surface area (Å²) in [6.07, 6.45) is 0. The molecule has 1 aromatic heterocycles. The van der Waals surface area contributed by atoms with Crippen LogP contribution in [0.15, 0.2) is 49.5 Å². The minimum Gasteiger partial charge on any atom is -0.493 e. The maximum atomic E-state index is 12.2. The van der Waals surface area contributed by atoms with Gasteiger partial charge in [-0.3, -0.25) is 4.79 Å². The highest BCUT2D eigenvalue weighted by Gasteiger charge is 2.18. The number of carbonyl (C=O) groups is 1. The second kappa shape index (κ2) is 8.45. The van der Waals surface area contributed by atoms with Crippen molar-refractivity contribution >= 4 is 54.4 Å². The van der Waals surface area contributed by atoms with Gasteiger partial charge in [0, 0.05) is 9.86 Å². The van der Waals surface area contributed by atoms with Gasteiger partial charge in [0.2, 0.25) is 5.88 Å². The molecule has 28 heavy (non-hydrogen) atoms. The Labute approximate surface area is 179 Å². The van der Waals surface area contributed by atoms with E-state index in [0.29, 0.717) is 16.7 Å². The number of halogens is 2. The maximum Gasteiger partial charge on any atom is 0.302 e.